The number of carboxylic acids is 1. The number of para-hydroxylation sites is 1. The van der Waals surface area contributed by atoms with Crippen molar-refractivity contribution in [1.82, 2.24) is 20.9 Å². The number of hydrogen-bond donors (Lipinski definition) is 9. The van der Waals surface area contributed by atoms with E-state index in [2.05, 4.69) is 25.9 Å². The Bertz CT molecular complexity index is 1280. The van der Waals surface area contributed by atoms with Gasteiger partial charge in [-0.15, -0.1) is 0 Å². The van der Waals surface area contributed by atoms with Gasteiger partial charge in [0.1, 0.15) is 18.1 Å². The van der Waals surface area contributed by atoms with Crippen LogP contribution in [-0.2, 0) is 30.4 Å². The molecule has 0 bridgehead atoms. The molecule has 230 valence electrons. The molecule has 4 unspecified atom stereocenters. The Morgan fingerprint density at radius 3 is 2.24 bits per heavy atom. The number of primary amides is 1. The summed E-state index contributed by atoms with van der Waals surface area (Å²) >= 11 is 1.40. The van der Waals surface area contributed by atoms with Crippen LogP contribution in [0.4, 0.5) is 0 Å². The number of H-pyrrole nitrogens is 1. The lowest BCUT2D eigenvalue weighted by atomic mass is 10.0. The zero-order valence-electron chi connectivity index (χ0n) is 23.3. The summed E-state index contributed by atoms with van der Waals surface area (Å²) in [7, 11) is 0. The number of nitrogens with two attached hydrogens (primary N) is 4. The molecule has 0 saturated heterocycles. The molecule has 1 heterocycles. The van der Waals surface area contributed by atoms with Crippen LogP contribution in [0.3, 0.4) is 0 Å². The number of carbonyl (C=O) groups is 5. The van der Waals surface area contributed by atoms with Crippen LogP contribution in [0.2, 0.25) is 0 Å². The van der Waals surface area contributed by atoms with Gasteiger partial charge in [-0.05, 0) is 42.9 Å². The van der Waals surface area contributed by atoms with Crippen LogP contribution < -0.4 is 38.9 Å². The molecule has 4 atom stereocenters. The molecule has 2 rings (SSSR count). The number of nitrogens with one attached hydrogen (secondary N) is 4. The van der Waals surface area contributed by atoms with Crippen LogP contribution in [0.15, 0.2) is 35.5 Å². The molecule has 0 aliphatic rings. The maximum absolute atomic E-state index is 13.5. The van der Waals surface area contributed by atoms with Crippen molar-refractivity contribution < 1.29 is 29.1 Å². The first kappa shape index (κ1) is 33.9. The zero-order valence-corrected chi connectivity index (χ0v) is 24.1. The van der Waals surface area contributed by atoms with Crippen molar-refractivity contribution in [2.24, 2.45) is 27.9 Å². The number of nitrogens with zero attached hydrogens (tertiary/aromatic N) is 1. The number of hydrogen-bond acceptors (Lipinski definition) is 8. The molecule has 0 saturated carbocycles. The Morgan fingerprint density at radius 2 is 1.60 bits per heavy atom. The standard InChI is InChI=1S/C26H39N9O6S/c1-42-10-8-18(25(40)41)33-24(39)20(12-21(28)36)35-23(38)19(11-14-13-32-17-7-3-2-5-15(14)17)34-22(37)16(27)6-4-9-31-26(29)30/h2-3,5,7,13,16,18-20,32H,4,6,8-12,27H2,1H3,(H2,28,36)(H,33,39)(H,34,37)(H,35,38)(H,40,41)(H4,29,30,31). The van der Waals surface area contributed by atoms with Crippen LogP contribution in [-0.4, -0.2) is 88.4 Å². The number of aliphatic carboxylic acids is 1. The maximum atomic E-state index is 13.5. The smallest absolute Gasteiger partial charge is 0.326 e. The number of thioether (sulfide) groups is 1. The van der Waals surface area contributed by atoms with E-state index >= 15 is 0 Å². The van der Waals surface area contributed by atoms with Crippen LogP contribution >= 0.6 is 11.8 Å². The third-order valence-electron chi connectivity index (χ3n) is 6.30. The molecule has 16 heteroatoms. The number of rotatable bonds is 18. The van der Waals surface area contributed by atoms with Gasteiger partial charge < -0.3 is 49.0 Å². The largest absolute Gasteiger partial charge is 0.480 e. The average molecular weight is 606 g/mol. The van der Waals surface area contributed by atoms with E-state index in [1.165, 1.54) is 11.8 Å². The highest BCUT2D eigenvalue weighted by atomic mass is 32.2. The summed E-state index contributed by atoms with van der Waals surface area (Å²) in [4.78, 5) is 69.8. The Morgan fingerprint density at radius 1 is 0.952 bits per heavy atom. The molecule has 1 aromatic heterocycles. The Balaban J connectivity index is 2.26. The van der Waals surface area contributed by atoms with Gasteiger partial charge in [-0.1, -0.05) is 18.2 Å². The van der Waals surface area contributed by atoms with Crippen molar-refractivity contribution in [3.8, 4) is 0 Å². The Hall–Kier alpha value is -4.31. The van der Waals surface area contributed by atoms with Crippen LogP contribution in [0.1, 0.15) is 31.2 Å². The highest BCUT2D eigenvalue weighted by Crippen LogP contribution is 2.19. The summed E-state index contributed by atoms with van der Waals surface area (Å²) < 4.78 is 0. The number of aliphatic imine (C=N–C) groups is 1. The van der Waals surface area contributed by atoms with Gasteiger partial charge in [0, 0.05) is 30.1 Å². The van der Waals surface area contributed by atoms with Gasteiger partial charge in [0.2, 0.25) is 23.6 Å². The molecule has 1 aromatic carbocycles. The SMILES string of the molecule is CSCCC(NC(=O)C(CC(N)=O)NC(=O)C(Cc1c[nH]c2ccccc12)NC(=O)C(N)CCCN=C(N)N)C(=O)O. The fourth-order valence-corrected chi connectivity index (χ4v) is 4.58. The fourth-order valence-electron chi connectivity index (χ4n) is 4.11. The number of aromatic nitrogens is 1. The molecule has 4 amide bonds. The highest BCUT2D eigenvalue weighted by molar-refractivity contribution is 7.98. The number of amides is 4. The number of fused-ring (bicyclic) bond motifs is 1. The normalized spacial score (nSPS) is 13.8. The van der Waals surface area contributed by atoms with Crippen molar-refractivity contribution in [1.29, 1.82) is 0 Å². The molecule has 15 nitrogen and oxygen atoms in total. The number of carboxylic acid groups (broad SMARTS) is 1. The molecule has 0 aliphatic carbocycles. The van der Waals surface area contributed by atoms with E-state index in [-0.39, 0.29) is 31.8 Å². The van der Waals surface area contributed by atoms with Gasteiger partial charge >= 0.3 is 5.97 Å². The molecule has 42 heavy (non-hydrogen) atoms. The van der Waals surface area contributed by atoms with E-state index in [1.54, 1.807) is 12.5 Å². The molecular weight excluding hydrogens is 566 g/mol. The Labute approximate surface area is 247 Å². The predicted molar refractivity (Wildman–Crippen MR) is 160 cm³/mol. The molecule has 0 aliphatic heterocycles. The lowest BCUT2D eigenvalue weighted by molar-refractivity contribution is -0.142. The van der Waals surface area contributed by atoms with Gasteiger partial charge in [-0.25, -0.2) is 4.79 Å². The van der Waals surface area contributed by atoms with E-state index in [9.17, 15) is 29.1 Å². The van der Waals surface area contributed by atoms with Gasteiger partial charge in [-0.2, -0.15) is 11.8 Å². The second-order valence-electron chi connectivity index (χ2n) is 9.59. The fraction of sp³-hybridized carbons (Fsp3) is 0.462. The van der Waals surface area contributed by atoms with Crippen LogP contribution in [0.5, 0.6) is 0 Å². The first-order valence-corrected chi connectivity index (χ1v) is 14.6. The lowest BCUT2D eigenvalue weighted by Gasteiger charge is -2.25. The van der Waals surface area contributed by atoms with Gasteiger partial charge in [0.15, 0.2) is 5.96 Å². The van der Waals surface area contributed by atoms with Crippen molar-refractivity contribution in [3.63, 3.8) is 0 Å². The van der Waals surface area contributed by atoms with Gasteiger partial charge in [0.05, 0.1) is 12.5 Å². The molecule has 0 radical (unpaired) electrons. The highest BCUT2D eigenvalue weighted by Gasteiger charge is 2.31. The minimum absolute atomic E-state index is 0.0126. The number of aromatic amines is 1. The van der Waals surface area contributed by atoms with E-state index < -0.39 is 60.2 Å². The van der Waals surface area contributed by atoms with E-state index in [4.69, 9.17) is 22.9 Å². The van der Waals surface area contributed by atoms with Gasteiger partial charge in [-0.3, -0.25) is 24.2 Å². The topological polar surface area (TPSA) is 274 Å². The second kappa shape index (κ2) is 16.8. The first-order valence-electron chi connectivity index (χ1n) is 13.2. The summed E-state index contributed by atoms with van der Waals surface area (Å²) in [5.41, 5.74) is 23.5. The van der Waals surface area contributed by atoms with E-state index in [0.717, 1.165) is 10.9 Å². The Kier molecular flexibility index (Phi) is 13.6. The lowest BCUT2D eigenvalue weighted by Crippen LogP contribution is -2.58. The maximum Gasteiger partial charge on any atom is 0.326 e. The number of guanidine groups is 1. The molecule has 0 fully saturated rings. The third kappa shape index (κ3) is 10.9. The predicted octanol–water partition coefficient (Wildman–Crippen LogP) is -1.74. The van der Waals surface area contributed by atoms with Crippen molar-refractivity contribution in [2.45, 2.75) is 56.3 Å². The van der Waals surface area contributed by atoms with Crippen molar-refractivity contribution in [2.75, 3.05) is 18.6 Å². The van der Waals surface area contributed by atoms with E-state index in [0.29, 0.717) is 17.7 Å². The van der Waals surface area contributed by atoms with Crippen LogP contribution in [0, 0.1) is 0 Å². The first-order chi connectivity index (χ1) is 19.9. The molecule has 2 aromatic rings. The summed E-state index contributed by atoms with van der Waals surface area (Å²) in [5, 5.41) is 17.7. The van der Waals surface area contributed by atoms with Crippen LogP contribution in [0.25, 0.3) is 10.9 Å². The van der Waals surface area contributed by atoms with Crippen molar-refractivity contribution >= 4 is 58.2 Å². The molecule has 0 spiro atoms. The van der Waals surface area contributed by atoms with Gasteiger partial charge in [0.25, 0.3) is 0 Å². The minimum Gasteiger partial charge on any atom is -0.480 e. The van der Waals surface area contributed by atoms with Crippen molar-refractivity contribution in [3.05, 3.63) is 36.0 Å². The second-order valence-corrected chi connectivity index (χ2v) is 10.6. The minimum atomic E-state index is -1.48. The average Bonchev–Trinajstić information content (AvgIpc) is 3.34. The molecule has 13 N–H and O–H groups in total. The summed E-state index contributed by atoms with van der Waals surface area (Å²) in [5.74, 6) is -4.11. The molecular formula is C26H39N9O6S. The number of carbonyl (C=O) groups excluding carboxylic acids is 4. The monoisotopic (exact) mass is 605 g/mol. The third-order valence-corrected chi connectivity index (χ3v) is 6.94. The zero-order chi connectivity index (χ0) is 31.2. The summed E-state index contributed by atoms with van der Waals surface area (Å²) in [6.07, 6.45) is 3.66. The van der Waals surface area contributed by atoms with E-state index in [1.807, 2.05) is 24.3 Å². The number of benzene rings is 1. The quantitative estimate of drug-likeness (QED) is 0.0525. The summed E-state index contributed by atoms with van der Waals surface area (Å²) in [6, 6.07) is 2.43. The summed E-state index contributed by atoms with van der Waals surface area (Å²) in [6.45, 7) is 0.265.